The van der Waals surface area contributed by atoms with E-state index in [-0.39, 0.29) is 23.4 Å². The molecule has 0 saturated heterocycles. The summed E-state index contributed by atoms with van der Waals surface area (Å²) in [5, 5.41) is 7.50. The van der Waals surface area contributed by atoms with Crippen LogP contribution in [0.4, 0.5) is 8.78 Å². The molecule has 0 bridgehead atoms. The van der Waals surface area contributed by atoms with E-state index in [1.807, 2.05) is 0 Å². The molecule has 1 aromatic carbocycles. The average molecular weight is 328 g/mol. The van der Waals surface area contributed by atoms with Crippen LogP contribution in [-0.4, -0.2) is 29.8 Å². The number of halogens is 2. The van der Waals surface area contributed by atoms with Crippen LogP contribution in [0.2, 0.25) is 0 Å². The van der Waals surface area contributed by atoms with Gasteiger partial charge >= 0.3 is 0 Å². The zero-order valence-corrected chi connectivity index (χ0v) is 12.4. The molecule has 0 atom stereocenters. The van der Waals surface area contributed by atoms with Crippen LogP contribution in [-0.2, 0) is 6.54 Å². The van der Waals surface area contributed by atoms with Gasteiger partial charge in [-0.05, 0) is 24.2 Å². The molecule has 0 aliphatic carbocycles. The summed E-state index contributed by atoms with van der Waals surface area (Å²) in [5.74, 6) is -0.947. The molecule has 3 heterocycles. The van der Waals surface area contributed by atoms with Crippen molar-refractivity contribution in [3.05, 3.63) is 53.7 Å². The van der Waals surface area contributed by atoms with Crippen molar-refractivity contribution in [3.63, 3.8) is 0 Å². The maximum atomic E-state index is 14.4. The summed E-state index contributed by atoms with van der Waals surface area (Å²) in [6, 6.07) is 2.10. The van der Waals surface area contributed by atoms with Gasteiger partial charge in [-0.25, -0.2) is 28.4 Å². The number of rotatable bonds is 3. The number of benzene rings is 1. The molecule has 0 radical (unpaired) electrons. The lowest BCUT2D eigenvalue weighted by Gasteiger charge is -2.08. The van der Waals surface area contributed by atoms with E-state index in [2.05, 4.69) is 25.3 Å². The average Bonchev–Trinajstić information content (AvgIpc) is 3.16. The van der Waals surface area contributed by atoms with Gasteiger partial charge in [0, 0.05) is 18.0 Å². The van der Waals surface area contributed by atoms with E-state index in [1.54, 1.807) is 19.3 Å². The zero-order chi connectivity index (χ0) is 16.7. The first-order chi connectivity index (χ1) is 11.6. The lowest BCUT2D eigenvalue weighted by molar-refractivity contribution is 0.305. The highest BCUT2D eigenvalue weighted by molar-refractivity contribution is 5.81. The molecule has 0 spiro atoms. The largest absolute Gasteiger partial charge is 0.315 e. The van der Waals surface area contributed by atoms with Crippen LogP contribution >= 0.6 is 0 Å². The number of hydrogen-bond acceptors (Lipinski definition) is 6. The number of nitrogens with zero attached hydrogens (tertiary/aromatic N) is 6. The molecule has 0 amide bonds. The van der Waals surface area contributed by atoms with Gasteiger partial charge in [-0.2, -0.15) is 0 Å². The summed E-state index contributed by atoms with van der Waals surface area (Å²) >= 11 is 0. The Hall–Kier alpha value is -3.23. The Kier molecular flexibility index (Phi) is 3.26. The maximum absolute atomic E-state index is 14.4. The van der Waals surface area contributed by atoms with Gasteiger partial charge in [0.1, 0.15) is 28.9 Å². The van der Waals surface area contributed by atoms with Crippen molar-refractivity contribution in [1.29, 1.82) is 0 Å². The Bertz CT molecular complexity index is 1030. The summed E-state index contributed by atoms with van der Waals surface area (Å²) in [7, 11) is 0. The molecule has 4 rings (SSSR count). The van der Waals surface area contributed by atoms with Gasteiger partial charge in [0.15, 0.2) is 17.3 Å². The highest BCUT2D eigenvalue weighted by Gasteiger charge is 2.22. The molecule has 0 fully saturated rings. The van der Waals surface area contributed by atoms with Gasteiger partial charge in [-0.3, -0.25) is 0 Å². The molecule has 0 saturated carbocycles. The van der Waals surface area contributed by atoms with Crippen molar-refractivity contribution < 1.29 is 13.4 Å². The monoisotopic (exact) mass is 328 g/mol. The molecular weight excluding hydrogens is 318 g/mol. The standard InChI is InChI=1S/C15H10F2N6O/c1-8-12(22-24-21-8)15-20-13-10(16)2-3-11(17)14(13)23(15)6-9-4-18-7-19-5-9/h2-5,7H,6H2,1H3. The molecule has 0 aliphatic rings. The molecule has 3 aromatic heterocycles. The van der Waals surface area contributed by atoms with Gasteiger partial charge in [0.25, 0.3) is 0 Å². The van der Waals surface area contributed by atoms with Gasteiger partial charge in [-0.15, -0.1) is 0 Å². The predicted molar refractivity (Wildman–Crippen MR) is 78.8 cm³/mol. The van der Waals surface area contributed by atoms with Crippen LogP contribution in [0.15, 0.2) is 35.5 Å². The highest BCUT2D eigenvalue weighted by atomic mass is 19.1. The van der Waals surface area contributed by atoms with Crippen LogP contribution in [0.25, 0.3) is 22.6 Å². The number of hydrogen-bond donors (Lipinski definition) is 0. The topological polar surface area (TPSA) is 82.5 Å². The molecule has 24 heavy (non-hydrogen) atoms. The van der Waals surface area contributed by atoms with Gasteiger partial charge < -0.3 is 4.57 Å². The minimum Gasteiger partial charge on any atom is -0.315 e. The summed E-state index contributed by atoms with van der Waals surface area (Å²) in [4.78, 5) is 12.1. The van der Waals surface area contributed by atoms with Crippen LogP contribution in [0.1, 0.15) is 11.3 Å². The summed E-state index contributed by atoms with van der Waals surface area (Å²) < 4.78 is 34.7. The van der Waals surface area contributed by atoms with E-state index in [4.69, 9.17) is 4.63 Å². The Morgan fingerprint density at radius 1 is 1.08 bits per heavy atom. The van der Waals surface area contributed by atoms with Crippen molar-refractivity contribution in [1.82, 2.24) is 29.8 Å². The molecule has 0 aliphatic heterocycles. The third-order valence-electron chi connectivity index (χ3n) is 3.62. The first-order valence-electron chi connectivity index (χ1n) is 7.03. The molecule has 120 valence electrons. The van der Waals surface area contributed by atoms with Gasteiger partial charge in [0.05, 0.1) is 6.54 Å². The normalized spacial score (nSPS) is 11.3. The quantitative estimate of drug-likeness (QED) is 0.575. The van der Waals surface area contributed by atoms with E-state index in [1.165, 1.54) is 10.9 Å². The maximum Gasteiger partial charge on any atom is 0.173 e. The fourth-order valence-electron chi connectivity index (χ4n) is 2.53. The zero-order valence-electron chi connectivity index (χ0n) is 12.4. The molecule has 9 heteroatoms. The minimum atomic E-state index is -0.621. The van der Waals surface area contributed by atoms with E-state index in [0.717, 1.165) is 12.1 Å². The van der Waals surface area contributed by atoms with Crippen molar-refractivity contribution in [2.45, 2.75) is 13.5 Å². The fourth-order valence-corrected chi connectivity index (χ4v) is 2.53. The van der Waals surface area contributed by atoms with Crippen molar-refractivity contribution in [3.8, 4) is 11.5 Å². The second-order valence-electron chi connectivity index (χ2n) is 5.19. The van der Waals surface area contributed by atoms with E-state index in [9.17, 15) is 8.78 Å². The van der Waals surface area contributed by atoms with Crippen LogP contribution in [0.3, 0.4) is 0 Å². The third kappa shape index (κ3) is 2.21. The predicted octanol–water partition coefficient (Wildman–Crippen LogP) is 2.51. The fraction of sp³-hybridized carbons (Fsp3) is 0.133. The minimum absolute atomic E-state index is 0.0382. The molecule has 0 unspecified atom stereocenters. The summed E-state index contributed by atoms with van der Waals surface area (Å²) in [6.07, 6.45) is 4.57. The lowest BCUT2D eigenvalue weighted by atomic mass is 10.2. The lowest BCUT2D eigenvalue weighted by Crippen LogP contribution is -2.05. The number of imidazole rings is 1. The molecular formula is C15H10F2N6O. The SMILES string of the molecule is Cc1nonc1-c1nc2c(F)ccc(F)c2n1Cc1cncnc1. The van der Waals surface area contributed by atoms with Gasteiger partial charge in [0.2, 0.25) is 0 Å². The first-order valence-corrected chi connectivity index (χ1v) is 7.03. The number of aromatic nitrogens is 6. The van der Waals surface area contributed by atoms with Crippen LogP contribution < -0.4 is 0 Å². The highest BCUT2D eigenvalue weighted by Crippen LogP contribution is 2.29. The summed E-state index contributed by atoms with van der Waals surface area (Å²) in [6.45, 7) is 1.87. The Morgan fingerprint density at radius 2 is 1.83 bits per heavy atom. The Balaban J connectivity index is 2.01. The van der Waals surface area contributed by atoms with E-state index >= 15 is 0 Å². The van der Waals surface area contributed by atoms with Crippen LogP contribution in [0, 0.1) is 18.6 Å². The number of fused-ring (bicyclic) bond motifs is 1. The van der Waals surface area contributed by atoms with E-state index < -0.39 is 11.6 Å². The second-order valence-corrected chi connectivity index (χ2v) is 5.19. The van der Waals surface area contributed by atoms with Crippen molar-refractivity contribution in [2.24, 2.45) is 0 Å². The molecule has 4 aromatic rings. The van der Waals surface area contributed by atoms with Crippen molar-refractivity contribution >= 4 is 11.0 Å². The molecule has 0 N–H and O–H groups in total. The first kappa shape index (κ1) is 14.4. The second kappa shape index (κ2) is 5.44. The molecule has 7 nitrogen and oxygen atoms in total. The Labute approximate surface area is 134 Å². The van der Waals surface area contributed by atoms with E-state index in [0.29, 0.717) is 17.0 Å². The van der Waals surface area contributed by atoms with Crippen molar-refractivity contribution in [2.75, 3.05) is 0 Å². The third-order valence-corrected chi connectivity index (χ3v) is 3.62. The van der Waals surface area contributed by atoms with Gasteiger partial charge in [-0.1, -0.05) is 5.16 Å². The smallest absolute Gasteiger partial charge is 0.173 e. The van der Waals surface area contributed by atoms with Crippen LogP contribution in [0.5, 0.6) is 0 Å². The summed E-state index contributed by atoms with van der Waals surface area (Å²) in [5.41, 5.74) is 1.45. The number of aryl methyl sites for hydroxylation is 1. The Morgan fingerprint density at radius 3 is 2.54 bits per heavy atom.